The van der Waals surface area contributed by atoms with Crippen LogP contribution in [0.3, 0.4) is 0 Å². The second-order valence-electron chi connectivity index (χ2n) is 7.80. The number of anilines is 1. The Labute approximate surface area is 188 Å². The number of halogens is 1. The van der Waals surface area contributed by atoms with E-state index in [1.807, 2.05) is 4.90 Å². The van der Waals surface area contributed by atoms with E-state index in [1.165, 1.54) is 11.8 Å². The molecule has 168 valence electrons. The summed E-state index contributed by atoms with van der Waals surface area (Å²) in [5.74, 6) is 1.42. The molecule has 1 N–H and O–H groups in total. The monoisotopic (exact) mass is 457 g/mol. The Hall–Kier alpha value is -1.58. The number of carbonyl (C=O) groups excluding carboxylic acids is 2. The third kappa shape index (κ3) is 7.92. The molecule has 0 bridgehead atoms. The lowest BCUT2D eigenvalue weighted by molar-refractivity contribution is -0.134. The fraction of sp³-hybridized carbons (Fsp3) is 0.700. The van der Waals surface area contributed by atoms with Crippen LogP contribution in [0.15, 0.2) is 11.2 Å². The molecule has 1 aromatic rings. The molecule has 1 aromatic heterocycles. The molecule has 1 fully saturated rings. The molecule has 1 unspecified atom stereocenters. The van der Waals surface area contributed by atoms with E-state index >= 15 is 0 Å². The Morgan fingerprint density at radius 3 is 2.80 bits per heavy atom. The number of thioether (sulfide) groups is 1. The molecule has 0 aliphatic carbocycles. The highest BCUT2D eigenvalue weighted by molar-refractivity contribution is 7.99. The Kier molecular flexibility index (Phi) is 10.1. The first-order valence-corrected chi connectivity index (χ1v) is 11.6. The Morgan fingerprint density at radius 1 is 1.37 bits per heavy atom. The number of nitrogens with zero attached hydrogens (tertiary/aromatic N) is 4. The highest BCUT2D eigenvalue weighted by atomic mass is 35.5. The van der Waals surface area contributed by atoms with Crippen molar-refractivity contribution in [2.45, 2.75) is 44.8 Å². The Morgan fingerprint density at radius 2 is 2.13 bits per heavy atom. The summed E-state index contributed by atoms with van der Waals surface area (Å²) in [5.41, 5.74) is 0. The second-order valence-corrected chi connectivity index (χ2v) is 9.13. The third-order valence-corrected chi connectivity index (χ3v) is 5.74. The zero-order valence-corrected chi connectivity index (χ0v) is 19.8. The molecule has 2 rings (SSSR count). The van der Waals surface area contributed by atoms with Gasteiger partial charge in [-0.25, -0.2) is 9.97 Å². The molecule has 1 aliphatic heterocycles. The quantitative estimate of drug-likeness (QED) is 0.250. The Balaban J connectivity index is 1.92. The van der Waals surface area contributed by atoms with Crippen molar-refractivity contribution in [2.24, 2.45) is 5.92 Å². The lowest BCUT2D eigenvalue weighted by Gasteiger charge is -2.40. The molecule has 30 heavy (non-hydrogen) atoms. The van der Waals surface area contributed by atoms with Crippen LogP contribution in [-0.4, -0.2) is 78.4 Å². The van der Waals surface area contributed by atoms with Gasteiger partial charge in [0.25, 0.3) is 0 Å². The van der Waals surface area contributed by atoms with Gasteiger partial charge >= 0.3 is 0 Å². The molecule has 0 aromatic carbocycles. The summed E-state index contributed by atoms with van der Waals surface area (Å²) >= 11 is 7.46. The third-order valence-electron chi connectivity index (χ3n) is 4.70. The van der Waals surface area contributed by atoms with E-state index in [9.17, 15) is 9.59 Å². The number of methoxy groups -OCH3 is 1. The molecule has 1 atom stereocenters. The van der Waals surface area contributed by atoms with Crippen molar-refractivity contribution in [3.05, 3.63) is 11.2 Å². The van der Waals surface area contributed by atoms with Gasteiger partial charge in [0.2, 0.25) is 11.8 Å². The minimum atomic E-state index is -0.0767. The number of piperazine rings is 1. The number of rotatable bonds is 10. The van der Waals surface area contributed by atoms with Crippen LogP contribution in [0.2, 0.25) is 5.15 Å². The molecular formula is C20H32ClN5O3S. The highest BCUT2D eigenvalue weighted by Crippen LogP contribution is 2.24. The van der Waals surface area contributed by atoms with Gasteiger partial charge < -0.3 is 19.9 Å². The maximum absolute atomic E-state index is 12.4. The molecule has 10 heteroatoms. The molecule has 0 radical (unpaired) electrons. The summed E-state index contributed by atoms with van der Waals surface area (Å²) in [6, 6.07) is 1.82. The number of aromatic nitrogens is 2. The zero-order valence-electron chi connectivity index (χ0n) is 18.2. The van der Waals surface area contributed by atoms with Gasteiger partial charge in [0, 0.05) is 58.4 Å². The summed E-state index contributed by atoms with van der Waals surface area (Å²) in [7, 11) is 1.63. The topological polar surface area (TPSA) is 87.7 Å². The predicted octanol–water partition coefficient (Wildman–Crippen LogP) is 2.46. The SMILES string of the molecule is COCCCNC(=O)CSc1nc(Cl)cc(N2CCN(C(=O)CC(C)C)C(C)C2)n1. The van der Waals surface area contributed by atoms with Gasteiger partial charge in [0.15, 0.2) is 5.16 Å². The van der Waals surface area contributed by atoms with Crippen molar-refractivity contribution < 1.29 is 14.3 Å². The maximum atomic E-state index is 12.4. The second kappa shape index (κ2) is 12.3. The number of hydrogen-bond acceptors (Lipinski definition) is 7. The van der Waals surface area contributed by atoms with E-state index < -0.39 is 0 Å². The van der Waals surface area contributed by atoms with Gasteiger partial charge in [-0.05, 0) is 19.3 Å². The van der Waals surface area contributed by atoms with E-state index in [1.54, 1.807) is 13.2 Å². The van der Waals surface area contributed by atoms with Crippen molar-refractivity contribution in [3.63, 3.8) is 0 Å². The number of hydrogen-bond donors (Lipinski definition) is 1. The number of carbonyl (C=O) groups is 2. The van der Waals surface area contributed by atoms with Crippen LogP contribution in [-0.2, 0) is 14.3 Å². The first-order chi connectivity index (χ1) is 14.3. The average molecular weight is 458 g/mol. The molecule has 2 heterocycles. The van der Waals surface area contributed by atoms with Crippen molar-refractivity contribution in [2.75, 3.05) is 50.5 Å². The largest absolute Gasteiger partial charge is 0.385 e. The van der Waals surface area contributed by atoms with Crippen LogP contribution in [0, 0.1) is 5.92 Å². The fourth-order valence-electron chi connectivity index (χ4n) is 3.24. The predicted molar refractivity (Wildman–Crippen MR) is 120 cm³/mol. The lowest BCUT2D eigenvalue weighted by Crippen LogP contribution is -2.54. The van der Waals surface area contributed by atoms with Crippen LogP contribution in [0.1, 0.15) is 33.6 Å². The summed E-state index contributed by atoms with van der Waals surface area (Å²) in [6.07, 6.45) is 1.34. The van der Waals surface area contributed by atoms with Crippen molar-refractivity contribution in [3.8, 4) is 0 Å². The van der Waals surface area contributed by atoms with Gasteiger partial charge in [-0.2, -0.15) is 0 Å². The van der Waals surface area contributed by atoms with Crippen LogP contribution >= 0.6 is 23.4 Å². The van der Waals surface area contributed by atoms with Crippen LogP contribution in [0.5, 0.6) is 0 Å². The molecule has 1 saturated heterocycles. The van der Waals surface area contributed by atoms with Gasteiger partial charge in [-0.3, -0.25) is 9.59 Å². The van der Waals surface area contributed by atoms with Crippen LogP contribution in [0.25, 0.3) is 0 Å². The average Bonchev–Trinajstić information content (AvgIpc) is 2.68. The van der Waals surface area contributed by atoms with Crippen molar-refractivity contribution in [1.82, 2.24) is 20.2 Å². The fourth-order valence-corrected chi connectivity index (χ4v) is 4.15. The molecular weight excluding hydrogens is 426 g/mol. The highest BCUT2D eigenvalue weighted by Gasteiger charge is 2.28. The van der Waals surface area contributed by atoms with Crippen molar-refractivity contribution >= 4 is 41.0 Å². The first kappa shape index (κ1) is 24.7. The molecule has 1 aliphatic rings. The molecule has 8 nitrogen and oxygen atoms in total. The van der Waals surface area contributed by atoms with E-state index in [2.05, 4.69) is 41.0 Å². The maximum Gasteiger partial charge on any atom is 0.230 e. The lowest BCUT2D eigenvalue weighted by atomic mass is 10.1. The van der Waals surface area contributed by atoms with E-state index in [0.717, 1.165) is 12.2 Å². The standard InChI is InChI=1S/C20H32ClN5O3S/c1-14(2)10-19(28)26-8-7-25(12-15(26)3)17-11-16(21)23-20(24-17)30-13-18(27)22-6-5-9-29-4/h11,14-15H,5-10,12-13H2,1-4H3,(H,22,27). The van der Waals surface area contributed by atoms with E-state index in [4.69, 9.17) is 16.3 Å². The van der Waals surface area contributed by atoms with Gasteiger partial charge in [-0.1, -0.05) is 37.2 Å². The number of nitrogens with one attached hydrogen (secondary N) is 1. The normalized spacial score (nSPS) is 16.8. The zero-order chi connectivity index (χ0) is 22.1. The summed E-state index contributed by atoms with van der Waals surface area (Å²) in [5, 5.41) is 3.65. The smallest absolute Gasteiger partial charge is 0.230 e. The van der Waals surface area contributed by atoms with E-state index in [-0.39, 0.29) is 23.6 Å². The molecule has 0 saturated carbocycles. The molecule has 2 amide bonds. The number of ether oxygens (including phenoxy) is 1. The minimum Gasteiger partial charge on any atom is -0.385 e. The summed E-state index contributed by atoms with van der Waals surface area (Å²) in [6.45, 7) is 9.38. The van der Waals surface area contributed by atoms with Crippen LogP contribution < -0.4 is 10.2 Å². The summed E-state index contributed by atoms with van der Waals surface area (Å²) < 4.78 is 4.96. The van der Waals surface area contributed by atoms with Gasteiger partial charge in [0.05, 0.1) is 5.75 Å². The first-order valence-electron chi connectivity index (χ1n) is 10.3. The van der Waals surface area contributed by atoms with Crippen LogP contribution in [0.4, 0.5) is 5.82 Å². The van der Waals surface area contributed by atoms with Crippen molar-refractivity contribution in [1.29, 1.82) is 0 Å². The van der Waals surface area contributed by atoms with Gasteiger partial charge in [-0.15, -0.1) is 0 Å². The Bertz CT molecular complexity index is 722. The molecule has 0 spiro atoms. The van der Waals surface area contributed by atoms with E-state index in [0.29, 0.717) is 55.4 Å². The van der Waals surface area contributed by atoms with Gasteiger partial charge in [0.1, 0.15) is 11.0 Å². The summed E-state index contributed by atoms with van der Waals surface area (Å²) in [4.78, 5) is 37.3. The number of amides is 2. The minimum absolute atomic E-state index is 0.0767.